The van der Waals surface area contributed by atoms with E-state index in [4.69, 9.17) is 14.2 Å². The molecule has 1 aromatic heterocycles. The highest BCUT2D eigenvalue weighted by molar-refractivity contribution is 5.95. The maximum atomic E-state index is 16.1. The molecule has 11 heteroatoms. The molecular formula is C31H35FN2O8. The molecule has 3 atom stereocenters. The van der Waals surface area contributed by atoms with Crippen molar-refractivity contribution in [2.45, 2.75) is 75.9 Å². The summed E-state index contributed by atoms with van der Waals surface area (Å²) in [6.07, 6.45) is 1.06. The highest BCUT2D eigenvalue weighted by atomic mass is 19.1. The second-order valence-electron chi connectivity index (χ2n) is 12.0. The van der Waals surface area contributed by atoms with E-state index in [1.54, 1.807) is 45.0 Å². The molecule has 1 aliphatic heterocycles. The second kappa shape index (κ2) is 11.5. The van der Waals surface area contributed by atoms with E-state index >= 15 is 4.39 Å². The number of aliphatic hydroxyl groups is 2. The predicted octanol–water partition coefficient (Wildman–Crippen LogP) is 3.08. The quantitative estimate of drug-likeness (QED) is 0.280. The summed E-state index contributed by atoms with van der Waals surface area (Å²) in [6.45, 7) is 4.42. The molecule has 1 aliphatic carbocycles. The summed E-state index contributed by atoms with van der Waals surface area (Å²) < 4.78 is 33.0. The topological polar surface area (TPSA) is 147 Å². The number of halogens is 1. The minimum atomic E-state index is -1.51. The molecule has 5 rings (SSSR count). The summed E-state index contributed by atoms with van der Waals surface area (Å²) in [5.41, 5.74) is -2.38. The first-order valence-electron chi connectivity index (χ1n) is 13.9. The monoisotopic (exact) mass is 582 g/mol. The van der Waals surface area contributed by atoms with Crippen molar-refractivity contribution in [2.75, 3.05) is 13.2 Å². The van der Waals surface area contributed by atoms with Crippen molar-refractivity contribution in [1.82, 2.24) is 10.3 Å². The number of ether oxygens (including phenoxy) is 3. The highest BCUT2D eigenvalue weighted by Gasteiger charge is 2.45. The number of rotatable bonds is 9. The number of H-pyrrole nitrogens is 1. The largest absolute Gasteiger partial charge is 0.472 e. The number of hydrogen-bond acceptors (Lipinski definition) is 9. The Kier molecular flexibility index (Phi) is 8.10. The molecule has 10 nitrogen and oxygen atoms in total. The number of fused-ring (bicyclic) bond motifs is 1. The normalized spacial score (nSPS) is 21.2. The van der Waals surface area contributed by atoms with Crippen LogP contribution in [0.5, 0.6) is 5.75 Å². The molecule has 0 amide bonds. The fourth-order valence-corrected chi connectivity index (χ4v) is 5.08. The van der Waals surface area contributed by atoms with Gasteiger partial charge in [-0.1, -0.05) is 30.3 Å². The van der Waals surface area contributed by atoms with Crippen LogP contribution in [-0.4, -0.2) is 63.6 Å². The lowest BCUT2D eigenvalue weighted by molar-refractivity contribution is -0.165. The van der Waals surface area contributed by atoms with E-state index in [1.807, 2.05) is 6.07 Å². The van der Waals surface area contributed by atoms with E-state index < -0.39 is 53.1 Å². The van der Waals surface area contributed by atoms with Gasteiger partial charge in [-0.15, -0.1) is 0 Å². The lowest BCUT2D eigenvalue weighted by atomic mass is 9.98. The molecule has 0 radical (unpaired) electrons. The Bertz CT molecular complexity index is 1550. The van der Waals surface area contributed by atoms with Gasteiger partial charge in [0.05, 0.1) is 23.6 Å². The number of carbonyl (C=O) groups excluding carboxylic acids is 2. The average Bonchev–Trinajstić information content (AvgIpc) is 3.72. The van der Waals surface area contributed by atoms with E-state index in [-0.39, 0.29) is 53.3 Å². The second-order valence-corrected chi connectivity index (χ2v) is 12.0. The maximum Gasteiger partial charge on any atom is 0.349 e. The molecule has 2 heterocycles. The van der Waals surface area contributed by atoms with Gasteiger partial charge in [0.2, 0.25) is 11.5 Å². The minimum Gasteiger partial charge on any atom is -0.472 e. The molecule has 1 saturated carbocycles. The Labute approximate surface area is 241 Å². The van der Waals surface area contributed by atoms with Crippen LogP contribution >= 0.6 is 0 Å². The number of nitrogens with one attached hydrogen (secondary N) is 2. The number of hydrogen-bond donors (Lipinski definition) is 4. The molecule has 1 unspecified atom stereocenters. The zero-order chi connectivity index (χ0) is 30.2. The molecule has 2 aliphatic rings. The van der Waals surface area contributed by atoms with Gasteiger partial charge in [0.15, 0.2) is 11.6 Å². The van der Waals surface area contributed by atoms with Crippen LogP contribution in [0.25, 0.3) is 10.9 Å². The van der Waals surface area contributed by atoms with Crippen LogP contribution in [-0.2, 0) is 20.9 Å². The summed E-state index contributed by atoms with van der Waals surface area (Å²) in [7, 11) is 0. The summed E-state index contributed by atoms with van der Waals surface area (Å²) in [5.74, 6) is -2.90. The maximum absolute atomic E-state index is 16.1. The van der Waals surface area contributed by atoms with E-state index in [9.17, 15) is 24.6 Å². The van der Waals surface area contributed by atoms with Gasteiger partial charge in [0.1, 0.15) is 23.4 Å². The van der Waals surface area contributed by atoms with E-state index in [0.29, 0.717) is 12.8 Å². The Balaban J connectivity index is 1.54. The summed E-state index contributed by atoms with van der Waals surface area (Å²) >= 11 is 0. The summed E-state index contributed by atoms with van der Waals surface area (Å²) in [5, 5.41) is 23.2. The van der Waals surface area contributed by atoms with Gasteiger partial charge in [-0.25, -0.2) is 14.0 Å². The summed E-state index contributed by atoms with van der Waals surface area (Å²) in [4.78, 5) is 42.6. The zero-order valence-corrected chi connectivity index (χ0v) is 23.7. The first-order valence-corrected chi connectivity index (χ1v) is 13.9. The van der Waals surface area contributed by atoms with Crippen molar-refractivity contribution in [1.29, 1.82) is 0 Å². The van der Waals surface area contributed by atoms with E-state index in [2.05, 4.69) is 10.3 Å². The average molecular weight is 583 g/mol. The predicted molar refractivity (Wildman–Crippen MR) is 151 cm³/mol. The van der Waals surface area contributed by atoms with E-state index in [1.165, 1.54) is 6.07 Å². The number of aromatic amines is 1. The fourth-order valence-electron chi connectivity index (χ4n) is 5.08. The van der Waals surface area contributed by atoms with Crippen molar-refractivity contribution in [3.05, 3.63) is 75.3 Å². The highest BCUT2D eigenvalue weighted by Crippen LogP contribution is 2.45. The Morgan fingerprint density at radius 2 is 1.90 bits per heavy atom. The molecule has 3 aromatic rings. The lowest BCUT2D eigenvalue weighted by Crippen LogP contribution is -2.47. The first kappa shape index (κ1) is 29.7. The number of aromatic nitrogens is 1. The van der Waals surface area contributed by atoms with Crippen LogP contribution in [0.15, 0.2) is 47.4 Å². The molecule has 4 N–H and O–H groups in total. The van der Waals surface area contributed by atoms with Crippen LogP contribution < -0.4 is 15.5 Å². The molecular weight excluding hydrogens is 547 g/mol. The van der Waals surface area contributed by atoms with Gasteiger partial charge in [0.25, 0.3) is 0 Å². The Morgan fingerprint density at radius 1 is 1.19 bits per heavy atom. The zero-order valence-electron chi connectivity index (χ0n) is 23.7. The van der Waals surface area contributed by atoms with Gasteiger partial charge in [0, 0.05) is 12.7 Å². The third-order valence-corrected chi connectivity index (χ3v) is 7.39. The van der Waals surface area contributed by atoms with Crippen LogP contribution in [0.1, 0.15) is 67.4 Å². The minimum absolute atomic E-state index is 0.0108. The molecule has 0 bridgehead atoms. The number of β-amino-alcohol motifs (C(OH)–C–C–N with tert-alkyl or cyclic N) is 1. The van der Waals surface area contributed by atoms with Crippen molar-refractivity contribution in [2.24, 2.45) is 0 Å². The van der Waals surface area contributed by atoms with Crippen LogP contribution in [0.4, 0.5) is 4.39 Å². The van der Waals surface area contributed by atoms with Crippen LogP contribution in [0, 0.1) is 5.82 Å². The SMILES string of the molecule is CC(C)(C)OC(=O)C(Oc1c(F)c(C2CC2)cc2c(=O)c(C(=O)OCc3ccccc3)c[nH]c12)[C@@H]1C[C@@](O)(CO)CN1. The molecule has 2 fully saturated rings. The number of pyridine rings is 1. The lowest BCUT2D eigenvalue weighted by Gasteiger charge is -2.29. The van der Waals surface area contributed by atoms with Crippen LogP contribution in [0.3, 0.4) is 0 Å². The third kappa shape index (κ3) is 6.33. The third-order valence-electron chi connectivity index (χ3n) is 7.39. The van der Waals surface area contributed by atoms with Crippen molar-refractivity contribution < 1.29 is 38.4 Å². The van der Waals surface area contributed by atoms with Crippen molar-refractivity contribution in [3.63, 3.8) is 0 Å². The number of aliphatic hydroxyl groups excluding tert-OH is 1. The first-order chi connectivity index (χ1) is 19.9. The fraction of sp³-hybridized carbons (Fsp3) is 0.452. The number of benzene rings is 2. The van der Waals surface area contributed by atoms with Gasteiger partial charge in [-0.2, -0.15) is 0 Å². The van der Waals surface area contributed by atoms with Crippen molar-refractivity contribution >= 4 is 22.8 Å². The molecule has 0 spiro atoms. The molecule has 224 valence electrons. The van der Waals surface area contributed by atoms with Crippen molar-refractivity contribution in [3.8, 4) is 5.75 Å². The molecule has 2 aromatic carbocycles. The summed E-state index contributed by atoms with van der Waals surface area (Å²) in [6, 6.07) is 9.59. The Hall–Kier alpha value is -3.80. The molecule has 1 saturated heterocycles. The Morgan fingerprint density at radius 3 is 2.52 bits per heavy atom. The standard InChI is InChI=1S/C31H35FN2O8/c1-30(2,3)42-29(38)26(22-12-31(39,16-35)15-34-22)41-27-23(32)19(18-9-10-18)11-20-24(27)33-13-21(25(20)36)28(37)40-14-17-7-5-4-6-8-17/h4-8,11,13,18,22,26,34-35,39H,9-10,12,14-16H2,1-3H3,(H,33,36)/t22-,26?,31-/m0/s1. The van der Waals surface area contributed by atoms with E-state index in [0.717, 1.165) is 11.8 Å². The van der Waals surface area contributed by atoms with Gasteiger partial charge < -0.3 is 34.7 Å². The van der Waals surface area contributed by atoms with Gasteiger partial charge in [-0.3, -0.25) is 4.79 Å². The molecule has 42 heavy (non-hydrogen) atoms. The van der Waals surface area contributed by atoms with Gasteiger partial charge in [-0.05, 0) is 63.1 Å². The number of carbonyl (C=O) groups is 2. The number of esters is 2. The van der Waals surface area contributed by atoms with Gasteiger partial charge >= 0.3 is 11.9 Å². The van der Waals surface area contributed by atoms with Crippen LogP contribution in [0.2, 0.25) is 0 Å². The smallest absolute Gasteiger partial charge is 0.349 e.